The van der Waals surface area contributed by atoms with Crippen molar-refractivity contribution in [1.29, 1.82) is 0 Å². The zero-order valence-electron chi connectivity index (χ0n) is 4.93. The number of hydrogen-bond acceptors (Lipinski definition) is 1. The van der Waals surface area contributed by atoms with E-state index in [-0.39, 0.29) is 5.65 Å². The summed E-state index contributed by atoms with van der Waals surface area (Å²) in [5.74, 6) is 0. The summed E-state index contributed by atoms with van der Waals surface area (Å²) < 4.78 is 0. The monoisotopic (exact) mass is 147 g/mol. The molecular formula is C3H8BNOP2. The Bertz CT molecular complexity index is 89.4. The molecule has 2 atom stereocenters. The number of rotatable bonds is 2. The molecular weight excluding hydrogens is 139 g/mol. The second kappa shape index (κ2) is 4.29. The van der Waals surface area contributed by atoms with Gasteiger partial charge < -0.3 is 5.32 Å². The van der Waals surface area contributed by atoms with Crippen molar-refractivity contribution in [2.24, 2.45) is 0 Å². The van der Waals surface area contributed by atoms with Crippen LogP contribution in [-0.2, 0) is 0 Å². The quantitative estimate of drug-likeness (QED) is 0.459. The molecule has 0 aromatic carbocycles. The van der Waals surface area contributed by atoms with Crippen LogP contribution < -0.4 is 5.32 Å². The highest BCUT2D eigenvalue weighted by molar-refractivity contribution is 8.39. The van der Waals surface area contributed by atoms with Crippen LogP contribution >= 0.6 is 15.8 Å². The number of nitrogens with one attached hydrogen (secondary N) is 1. The predicted molar refractivity (Wildman–Crippen MR) is 41.4 cm³/mol. The Morgan fingerprint density at radius 3 is 2.50 bits per heavy atom. The van der Waals surface area contributed by atoms with Gasteiger partial charge in [0.15, 0.2) is 0 Å². The van der Waals surface area contributed by atoms with Gasteiger partial charge in [0.1, 0.15) is 7.57 Å². The minimum absolute atomic E-state index is 0.0131. The highest BCUT2D eigenvalue weighted by atomic mass is 32.0. The van der Waals surface area contributed by atoms with Gasteiger partial charge in [-0.1, -0.05) is 0 Å². The molecule has 0 fully saturated rings. The Balaban J connectivity index is 3.46. The van der Waals surface area contributed by atoms with E-state index in [1.54, 1.807) is 7.05 Å². The van der Waals surface area contributed by atoms with Gasteiger partial charge in [-0.15, -0.1) is 8.27 Å². The summed E-state index contributed by atoms with van der Waals surface area (Å²) in [5.41, 5.74) is -0.0131. The summed E-state index contributed by atoms with van der Waals surface area (Å²) in [4.78, 5) is 10.5. The molecule has 0 aromatic heterocycles. The molecule has 0 saturated carbocycles. The highest BCUT2D eigenvalue weighted by Gasteiger charge is 2.04. The maximum absolute atomic E-state index is 10.5. The van der Waals surface area contributed by atoms with E-state index < -0.39 is 7.49 Å². The fraction of sp³-hybridized carbons (Fsp3) is 0.667. The van der Waals surface area contributed by atoms with Crippen molar-refractivity contribution in [1.82, 2.24) is 5.32 Å². The molecule has 0 spiro atoms. The van der Waals surface area contributed by atoms with E-state index in [4.69, 9.17) is 7.57 Å². The van der Waals surface area contributed by atoms with Crippen LogP contribution in [0.4, 0.5) is 4.79 Å². The van der Waals surface area contributed by atoms with Crippen LogP contribution in [0.15, 0.2) is 0 Å². The molecule has 0 aliphatic carbocycles. The van der Waals surface area contributed by atoms with E-state index in [1.165, 1.54) is 0 Å². The molecule has 2 unspecified atom stereocenters. The smallest absolute Gasteiger partial charge is 0.234 e. The van der Waals surface area contributed by atoms with Gasteiger partial charge in [0.05, 0.1) is 0 Å². The first kappa shape index (κ1) is 8.39. The molecule has 0 aliphatic heterocycles. The second-order valence-electron chi connectivity index (χ2n) is 1.15. The van der Waals surface area contributed by atoms with Crippen LogP contribution in [0.5, 0.6) is 0 Å². The van der Waals surface area contributed by atoms with E-state index in [2.05, 4.69) is 5.32 Å². The number of hydrogen-bond donors (Lipinski definition) is 1. The molecule has 1 N–H and O–H groups in total. The second-order valence-corrected chi connectivity index (χ2v) is 5.53. The predicted octanol–water partition coefficient (Wildman–Crippen LogP) is 1.11. The Hall–Kier alpha value is 0.395. The maximum atomic E-state index is 10.5. The third kappa shape index (κ3) is 2.64. The fourth-order valence-corrected chi connectivity index (χ4v) is 1.61. The standard InChI is InChI=1S/C3H8BNOP2/c1-5-3(6)8(4)7-2/h7H,1-2H3,(H,5,6). The van der Waals surface area contributed by atoms with E-state index in [1.807, 2.05) is 6.66 Å². The summed E-state index contributed by atoms with van der Waals surface area (Å²) in [6.07, 6.45) is 0. The maximum Gasteiger partial charge on any atom is 0.234 e. The largest absolute Gasteiger partial charge is 0.356 e. The molecule has 0 aromatic rings. The molecule has 2 nitrogen and oxygen atoms in total. The Morgan fingerprint density at radius 2 is 2.38 bits per heavy atom. The van der Waals surface area contributed by atoms with Gasteiger partial charge in [-0.05, 0) is 14.2 Å². The highest BCUT2D eigenvalue weighted by Crippen LogP contribution is 2.48. The first-order valence-corrected chi connectivity index (χ1v) is 5.91. The average Bonchev–Trinajstić information content (AvgIpc) is 1.84. The van der Waals surface area contributed by atoms with E-state index in [0.29, 0.717) is 8.27 Å². The number of carbonyl (C=O) groups excluding carboxylic acids is 1. The Morgan fingerprint density at radius 1 is 1.88 bits per heavy atom. The number of amides is 1. The van der Waals surface area contributed by atoms with Crippen LogP contribution in [0.2, 0.25) is 0 Å². The van der Waals surface area contributed by atoms with Gasteiger partial charge >= 0.3 is 0 Å². The molecule has 1 amide bonds. The van der Waals surface area contributed by atoms with Crippen molar-refractivity contribution >= 4 is 29.0 Å². The summed E-state index contributed by atoms with van der Waals surface area (Å²) in [7, 11) is 6.68. The normalized spacial score (nSPS) is 14.2. The van der Waals surface area contributed by atoms with Crippen LogP contribution in [0.25, 0.3) is 0 Å². The van der Waals surface area contributed by atoms with Gasteiger partial charge in [-0.25, -0.2) is 0 Å². The van der Waals surface area contributed by atoms with Crippen molar-refractivity contribution in [3.8, 4) is 0 Å². The topological polar surface area (TPSA) is 29.1 Å². The lowest BCUT2D eigenvalue weighted by Crippen LogP contribution is -2.11. The third-order valence-corrected chi connectivity index (χ3v) is 3.87. The lowest BCUT2D eigenvalue weighted by molar-refractivity contribution is 0.262. The van der Waals surface area contributed by atoms with Crippen molar-refractivity contribution in [2.45, 2.75) is 0 Å². The van der Waals surface area contributed by atoms with Gasteiger partial charge in [-0.2, -0.15) is 0 Å². The SMILES string of the molecule is [B]P(PC)C(=O)NC. The van der Waals surface area contributed by atoms with Gasteiger partial charge in [0.2, 0.25) is 5.65 Å². The van der Waals surface area contributed by atoms with Crippen LogP contribution in [0.3, 0.4) is 0 Å². The van der Waals surface area contributed by atoms with Crippen molar-refractivity contribution < 1.29 is 4.79 Å². The molecule has 0 rings (SSSR count). The fourth-order valence-electron chi connectivity index (χ4n) is 0.222. The van der Waals surface area contributed by atoms with Crippen LogP contribution in [0.1, 0.15) is 0 Å². The van der Waals surface area contributed by atoms with Crippen molar-refractivity contribution in [3.05, 3.63) is 0 Å². The van der Waals surface area contributed by atoms with Gasteiger partial charge in [0, 0.05) is 7.05 Å². The van der Waals surface area contributed by atoms with E-state index in [0.717, 1.165) is 0 Å². The van der Waals surface area contributed by atoms with E-state index >= 15 is 0 Å². The van der Waals surface area contributed by atoms with Gasteiger partial charge in [0.25, 0.3) is 0 Å². The lowest BCUT2D eigenvalue weighted by Gasteiger charge is -2.05. The molecule has 5 heteroatoms. The molecule has 0 aliphatic rings. The zero-order chi connectivity index (χ0) is 6.57. The first-order chi connectivity index (χ1) is 3.72. The summed E-state index contributed by atoms with van der Waals surface area (Å²) in [6.45, 7) is 1.93. The molecule has 8 heavy (non-hydrogen) atoms. The molecule has 0 saturated heterocycles. The number of carbonyl (C=O) groups is 1. The first-order valence-electron chi connectivity index (χ1n) is 2.16. The van der Waals surface area contributed by atoms with Crippen molar-refractivity contribution in [3.63, 3.8) is 0 Å². The Kier molecular flexibility index (Phi) is 4.50. The minimum Gasteiger partial charge on any atom is -0.356 e. The summed E-state index contributed by atoms with van der Waals surface area (Å²) in [6, 6.07) is 0. The van der Waals surface area contributed by atoms with Gasteiger partial charge in [-0.3, -0.25) is 4.79 Å². The minimum atomic E-state index is -0.862. The summed E-state index contributed by atoms with van der Waals surface area (Å²) >= 11 is 0. The van der Waals surface area contributed by atoms with Crippen molar-refractivity contribution in [2.75, 3.05) is 13.7 Å². The van der Waals surface area contributed by atoms with E-state index in [9.17, 15) is 4.79 Å². The van der Waals surface area contributed by atoms with Crippen LogP contribution in [0, 0.1) is 0 Å². The summed E-state index contributed by atoms with van der Waals surface area (Å²) in [5, 5.41) is 2.49. The Labute approximate surface area is 53.6 Å². The average molecular weight is 147 g/mol. The molecule has 0 bridgehead atoms. The molecule has 0 heterocycles. The zero-order valence-corrected chi connectivity index (χ0v) is 6.83. The van der Waals surface area contributed by atoms with Crippen LogP contribution in [-0.4, -0.2) is 26.9 Å². The molecule has 2 radical (unpaired) electrons. The molecule has 44 valence electrons. The lowest BCUT2D eigenvalue weighted by atomic mass is 10.8. The third-order valence-electron chi connectivity index (χ3n) is 0.674.